The molecule has 0 saturated heterocycles. The lowest BCUT2D eigenvalue weighted by atomic mass is 10.2. The Morgan fingerprint density at radius 1 is 1.32 bits per heavy atom. The Balaban J connectivity index is 2.02. The van der Waals surface area contributed by atoms with Crippen molar-refractivity contribution in [2.24, 2.45) is 4.99 Å². The van der Waals surface area contributed by atoms with E-state index in [-0.39, 0.29) is 5.91 Å². The molecule has 6 heteroatoms. The van der Waals surface area contributed by atoms with Crippen molar-refractivity contribution in [3.05, 3.63) is 71.3 Å². The zero-order chi connectivity index (χ0) is 15.9. The van der Waals surface area contributed by atoms with E-state index in [0.717, 1.165) is 16.3 Å². The average Bonchev–Trinajstić information content (AvgIpc) is 2.53. The fourth-order valence-corrected chi connectivity index (χ4v) is 2.46. The van der Waals surface area contributed by atoms with E-state index in [2.05, 4.69) is 26.9 Å². The van der Waals surface area contributed by atoms with Crippen LogP contribution in [-0.2, 0) is 0 Å². The molecule has 0 aromatic carbocycles. The number of nitrogens with zero attached hydrogens (tertiary/aromatic N) is 3. The summed E-state index contributed by atoms with van der Waals surface area (Å²) in [6.07, 6.45) is 5.02. The minimum atomic E-state index is -0.218. The van der Waals surface area contributed by atoms with Crippen LogP contribution < -0.4 is 5.32 Å². The molecule has 0 aliphatic rings. The maximum atomic E-state index is 12.1. The molecule has 2 aromatic rings. The lowest BCUT2D eigenvalue weighted by molar-refractivity contribution is 0.0969. The molecule has 0 radical (unpaired) electrons. The summed E-state index contributed by atoms with van der Waals surface area (Å²) in [4.78, 5) is 24.5. The number of aryl methyl sites for hydroxylation is 1. The Kier molecular flexibility index (Phi) is 5.43. The van der Waals surface area contributed by atoms with Crippen molar-refractivity contribution >= 4 is 22.7 Å². The lowest BCUT2D eigenvalue weighted by Gasteiger charge is -2.10. The molecule has 1 amide bonds. The van der Waals surface area contributed by atoms with E-state index in [1.165, 1.54) is 11.8 Å². The number of carbonyl (C=O) groups excluding carboxylic acids is 1. The number of hydrogen-bond donors (Lipinski definition) is 1. The summed E-state index contributed by atoms with van der Waals surface area (Å²) >= 11 is 1.29. The molecule has 0 unspecified atom stereocenters. The molecule has 2 rings (SSSR count). The normalized spacial score (nSPS) is 11.1. The van der Waals surface area contributed by atoms with Crippen LogP contribution in [0.25, 0.3) is 0 Å². The predicted molar refractivity (Wildman–Crippen MR) is 89.9 cm³/mol. The molecule has 1 N–H and O–H groups in total. The SMILES string of the molecule is C=C(NC(=O)c1ccnc(C)c1)S/C(=N\C)c1cccnc1. The largest absolute Gasteiger partial charge is 0.317 e. The number of nitrogens with one attached hydrogen (secondary N) is 1. The van der Waals surface area contributed by atoms with Crippen molar-refractivity contribution in [1.82, 2.24) is 15.3 Å². The first-order valence-electron chi connectivity index (χ1n) is 6.58. The summed E-state index contributed by atoms with van der Waals surface area (Å²) < 4.78 is 0. The third kappa shape index (κ3) is 4.26. The smallest absolute Gasteiger partial charge is 0.256 e. The van der Waals surface area contributed by atoms with E-state index in [9.17, 15) is 4.79 Å². The Hall–Kier alpha value is -2.47. The second-order valence-electron chi connectivity index (χ2n) is 4.44. The molecule has 0 saturated carbocycles. The van der Waals surface area contributed by atoms with Gasteiger partial charge in [-0.3, -0.25) is 19.8 Å². The quantitative estimate of drug-likeness (QED) is 0.696. The minimum Gasteiger partial charge on any atom is -0.317 e. The van der Waals surface area contributed by atoms with Crippen LogP contribution in [0.5, 0.6) is 0 Å². The van der Waals surface area contributed by atoms with Crippen LogP contribution >= 0.6 is 11.8 Å². The van der Waals surface area contributed by atoms with E-state index < -0.39 is 0 Å². The maximum absolute atomic E-state index is 12.1. The van der Waals surface area contributed by atoms with Crippen molar-refractivity contribution < 1.29 is 4.79 Å². The number of thioether (sulfide) groups is 1. The number of pyridine rings is 2. The first-order valence-corrected chi connectivity index (χ1v) is 7.39. The molecule has 22 heavy (non-hydrogen) atoms. The molecule has 5 nitrogen and oxygen atoms in total. The Morgan fingerprint density at radius 2 is 2.14 bits per heavy atom. The van der Waals surface area contributed by atoms with Gasteiger partial charge in [0.25, 0.3) is 5.91 Å². The summed E-state index contributed by atoms with van der Waals surface area (Å²) in [7, 11) is 1.69. The Bertz CT molecular complexity index is 713. The van der Waals surface area contributed by atoms with Gasteiger partial charge in [0.2, 0.25) is 0 Å². The summed E-state index contributed by atoms with van der Waals surface area (Å²) in [5.41, 5.74) is 2.22. The van der Waals surface area contributed by atoms with Crippen molar-refractivity contribution in [2.75, 3.05) is 7.05 Å². The van der Waals surface area contributed by atoms with Gasteiger partial charge in [-0.1, -0.05) is 18.3 Å². The first kappa shape index (κ1) is 15.9. The van der Waals surface area contributed by atoms with Crippen LogP contribution in [0.2, 0.25) is 0 Å². The van der Waals surface area contributed by atoms with E-state index in [1.54, 1.807) is 37.8 Å². The van der Waals surface area contributed by atoms with Crippen molar-refractivity contribution in [3.63, 3.8) is 0 Å². The fraction of sp³-hybridized carbons (Fsp3) is 0.125. The number of rotatable bonds is 4. The van der Waals surface area contributed by atoms with Gasteiger partial charge in [-0.2, -0.15) is 0 Å². The van der Waals surface area contributed by atoms with Gasteiger partial charge in [-0.15, -0.1) is 0 Å². The van der Waals surface area contributed by atoms with Gasteiger partial charge in [-0.25, -0.2) is 0 Å². The number of amides is 1. The van der Waals surface area contributed by atoms with Gasteiger partial charge in [-0.05, 0) is 31.2 Å². The van der Waals surface area contributed by atoms with E-state index in [4.69, 9.17) is 0 Å². The standard InChI is InChI=1S/C16H16N4OS/c1-11-9-13(6-8-19-11)15(21)20-12(2)22-16(17-3)14-5-4-7-18-10-14/h4-10H,2H2,1,3H3,(H,20,21)/b17-16-. The van der Waals surface area contributed by atoms with E-state index in [0.29, 0.717) is 10.6 Å². The van der Waals surface area contributed by atoms with Gasteiger partial charge in [0, 0.05) is 42.5 Å². The average molecular weight is 312 g/mol. The number of aromatic nitrogens is 2. The van der Waals surface area contributed by atoms with Crippen LogP contribution in [0, 0.1) is 6.92 Å². The van der Waals surface area contributed by atoms with Crippen LogP contribution in [0.4, 0.5) is 0 Å². The molecule has 112 valence electrons. The van der Waals surface area contributed by atoms with Gasteiger partial charge in [0.1, 0.15) is 5.04 Å². The van der Waals surface area contributed by atoms with Gasteiger partial charge < -0.3 is 5.32 Å². The molecule has 0 spiro atoms. The van der Waals surface area contributed by atoms with Crippen molar-refractivity contribution in [1.29, 1.82) is 0 Å². The zero-order valence-corrected chi connectivity index (χ0v) is 13.2. The maximum Gasteiger partial charge on any atom is 0.256 e. The third-order valence-corrected chi connectivity index (χ3v) is 3.70. The van der Waals surface area contributed by atoms with Crippen LogP contribution in [0.15, 0.2) is 59.5 Å². The van der Waals surface area contributed by atoms with Crippen LogP contribution in [0.1, 0.15) is 21.6 Å². The molecule has 2 aromatic heterocycles. The molecule has 0 fully saturated rings. The Morgan fingerprint density at radius 3 is 2.77 bits per heavy atom. The predicted octanol–water partition coefficient (Wildman–Crippen LogP) is 2.80. The third-order valence-electron chi connectivity index (χ3n) is 2.74. The highest BCUT2D eigenvalue weighted by Gasteiger charge is 2.11. The number of aliphatic imine (C=N–C) groups is 1. The highest BCUT2D eigenvalue weighted by molar-refractivity contribution is 8.17. The lowest BCUT2D eigenvalue weighted by Crippen LogP contribution is -2.21. The van der Waals surface area contributed by atoms with E-state index in [1.807, 2.05) is 19.1 Å². The minimum absolute atomic E-state index is 0.218. The molecule has 0 aliphatic heterocycles. The number of hydrogen-bond acceptors (Lipinski definition) is 5. The van der Waals surface area contributed by atoms with Crippen molar-refractivity contribution in [3.8, 4) is 0 Å². The Labute approximate surface area is 133 Å². The van der Waals surface area contributed by atoms with Crippen molar-refractivity contribution in [2.45, 2.75) is 6.92 Å². The van der Waals surface area contributed by atoms with E-state index >= 15 is 0 Å². The van der Waals surface area contributed by atoms with Gasteiger partial charge in [0.15, 0.2) is 0 Å². The van der Waals surface area contributed by atoms with Crippen LogP contribution in [-0.4, -0.2) is 28.0 Å². The second kappa shape index (κ2) is 7.51. The molecule has 0 aliphatic carbocycles. The van der Waals surface area contributed by atoms with Gasteiger partial charge in [0.05, 0.1) is 5.03 Å². The molecule has 2 heterocycles. The van der Waals surface area contributed by atoms with Crippen LogP contribution in [0.3, 0.4) is 0 Å². The zero-order valence-electron chi connectivity index (χ0n) is 12.4. The summed E-state index contributed by atoms with van der Waals surface area (Å²) in [5.74, 6) is -0.218. The molecule has 0 bridgehead atoms. The molecule has 0 atom stereocenters. The first-order chi connectivity index (χ1) is 10.6. The molecular weight excluding hydrogens is 296 g/mol. The monoisotopic (exact) mass is 312 g/mol. The second-order valence-corrected chi connectivity index (χ2v) is 5.52. The topological polar surface area (TPSA) is 67.2 Å². The highest BCUT2D eigenvalue weighted by atomic mass is 32.2. The number of carbonyl (C=O) groups is 1. The van der Waals surface area contributed by atoms with Gasteiger partial charge >= 0.3 is 0 Å². The molecular formula is C16H16N4OS. The summed E-state index contributed by atoms with van der Waals surface area (Å²) in [6, 6.07) is 7.13. The fourth-order valence-electron chi connectivity index (χ4n) is 1.75. The summed E-state index contributed by atoms with van der Waals surface area (Å²) in [6.45, 7) is 5.71. The highest BCUT2D eigenvalue weighted by Crippen LogP contribution is 2.19. The summed E-state index contributed by atoms with van der Waals surface area (Å²) in [5, 5.41) is 4.00.